The highest BCUT2D eigenvalue weighted by molar-refractivity contribution is 5.78. The van der Waals surface area contributed by atoms with Crippen LogP contribution < -0.4 is 5.32 Å². The first-order valence-electron chi connectivity index (χ1n) is 13.3. The summed E-state index contributed by atoms with van der Waals surface area (Å²) in [5, 5.41) is 7.32. The average molecular weight is 488 g/mol. The predicted molar refractivity (Wildman–Crippen MR) is 140 cm³/mol. The van der Waals surface area contributed by atoms with E-state index in [-0.39, 0.29) is 11.8 Å². The van der Waals surface area contributed by atoms with Crippen molar-refractivity contribution in [2.24, 2.45) is 5.92 Å². The molecule has 1 N–H and O–H groups in total. The fraction of sp³-hybridized carbons (Fsp3) is 0.483. The van der Waals surface area contributed by atoms with Gasteiger partial charge in [0.05, 0.1) is 6.54 Å². The van der Waals surface area contributed by atoms with Crippen molar-refractivity contribution in [2.45, 2.75) is 58.7 Å². The van der Waals surface area contributed by atoms with Crippen LogP contribution >= 0.6 is 0 Å². The molecule has 36 heavy (non-hydrogen) atoms. The second kappa shape index (κ2) is 11.8. The largest absolute Gasteiger partial charge is 0.352 e. The van der Waals surface area contributed by atoms with Crippen LogP contribution in [0.1, 0.15) is 54.7 Å². The molecule has 0 aliphatic carbocycles. The highest BCUT2D eigenvalue weighted by Gasteiger charge is 2.26. The lowest BCUT2D eigenvalue weighted by Gasteiger charge is -2.30. The van der Waals surface area contributed by atoms with E-state index >= 15 is 0 Å². The standard InChI is InChI=1S/C29H37N5O2/c1-22-7-3-4-8-26(22)28-31-27(36-32-28)21-34-17-13-25(14-18-34)29(35)30-19-23-9-11-24(12-10-23)20-33-15-5-2-6-16-33/h3-4,7-12,25H,2,5-6,13-21H2,1H3,(H,30,35). The first-order valence-corrected chi connectivity index (χ1v) is 13.3. The zero-order chi connectivity index (χ0) is 24.7. The van der Waals surface area contributed by atoms with Gasteiger partial charge in [0.1, 0.15) is 0 Å². The van der Waals surface area contributed by atoms with Crippen molar-refractivity contribution in [3.8, 4) is 11.4 Å². The molecule has 2 aliphatic rings. The van der Waals surface area contributed by atoms with Crippen molar-refractivity contribution in [1.29, 1.82) is 0 Å². The van der Waals surface area contributed by atoms with Crippen LogP contribution in [0.4, 0.5) is 0 Å². The molecule has 0 atom stereocenters. The van der Waals surface area contributed by atoms with Gasteiger partial charge in [-0.15, -0.1) is 0 Å². The van der Waals surface area contributed by atoms with Gasteiger partial charge in [0.2, 0.25) is 17.6 Å². The van der Waals surface area contributed by atoms with Gasteiger partial charge in [-0.1, -0.05) is 60.1 Å². The van der Waals surface area contributed by atoms with Crippen molar-refractivity contribution in [2.75, 3.05) is 26.2 Å². The van der Waals surface area contributed by atoms with Crippen LogP contribution in [0, 0.1) is 12.8 Å². The van der Waals surface area contributed by atoms with Crippen LogP contribution in [0.5, 0.6) is 0 Å². The van der Waals surface area contributed by atoms with Crippen LogP contribution in [0.25, 0.3) is 11.4 Å². The van der Waals surface area contributed by atoms with Gasteiger partial charge in [0.25, 0.3) is 0 Å². The predicted octanol–water partition coefficient (Wildman–Crippen LogP) is 4.56. The Morgan fingerprint density at radius 1 is 0.917 bits per heavy atom. The van der Waals surface area contributed by atoms with E-state index in [0.29, 0.717) is 24.8 Å². The number of aromatic nitrogens is 2. The summed E-state index contributed by atoms with van der Waals surface area (Å²) in [6.07, 6.45) is 5.69. The molecule has 0 unspecified atom stereocenters. The highest BCUT2D eigenvalue weighted by Crippen LogP contribution is 2.22. The number of aryl methyl sites for hydroxylation is 1. The molecule has 1 aromatic heterocycles. The monoisotopic (exact) mass is 487 g/mol. The number of benzene rings is 2. The number of hydrogen-bond acceptors (Lipinski definition) is 6. The van der Waals surface area contributed by atoms with Gasteiger partial charge in [-0.25, -0.2) is 0 Å². The SMILES string of the molecule is Cc1ccccc1-c1noc(CN2CCC(C(=O)NCc3ccc(CN4CCCCC4)cc3)CC2)n1. The summed E-state index contributed by atoms with van der Waals surface area (Å²) in [7, 11) is 0. The maximum Gasteiger partial charge on any atom is 0.241 e. The van der Waals surface area contributed by atoms with Crippen LogP contribution in [-0.4, -0.2) is 52.0 Å². The molecule has 7 nitrogen and oxygen atoms in total. The van der Waals surface area contributed by atoms with E-state index in [1.54, 1.807) is 0 Å². The summed E-state index contributed by atoms with van der Waals surface area (Å²) in [6.45, 7) is 8.41. The Balaban J connectivity index is 1.04. The molecule has 2 aliphatic heterocycles. The fourth-order valence-electron chi connectivity index (χ4n) is 5.27. The van der Waals surface area contributed by atoms with Crippen LogP contribution in [0.15, 0.2) is 53.1 Å². The van der Waals surface area contributed by atoms with Gasteiger partial charge in [-0.3, -0.25) is 14.6 Å². The Bertz CT molecular complexity index is 1130. The van der Waals surface area contributed by atoms with Crippen molar-refractivity contribution in [3.05, 3.63) is 71.1 Å². The van der Waals surface area contributed by atoms with Crippen molar-refractivity contribution >= 4 is 5.91 Å². The lowest BCUT2D eigenvalue weighted by molar-refractivity contribution is -0.126. The number of carbonyl (C=O) groups is 1. The zero-order valence-corrected chi connectivity index (χ0v) is 21.3. The summed E-state index contributed by atoms with van der Waals surface area (Å²) < 4.78 is 5.50. The lowest BCUT2D eigenvalue weighted by Crippen LogP contribution is -2.40. The van der Waals surface area contributed by atoms with E-state index in [2.05, 4.69) is 49.5 Å². The van der Waals surface area contributed by atoms with Gasteiger partial charge in [0, 0.05) is 24.6 Å². The highest BCUT2D eigenvalue weighted by atomic mass is 16.5. The van der Waals surface area contributed by atoms with E-state index in [1.165, 1.54) is 37.9 Å². The van der Waals surface area contributed by atoms with E-state index < -0.39 is 0 Å². The smallest absolute Gasteiger partial charge is 0.241 e. The van der Waals surface area contributed by atoms with Crippen LogP contribution in [0.3, 0.4) is 0 Å². The number of likely N-dealkylation sites (tertiary alicyclic amines) is 2. The molecule has 5 rings (SSSR count). The number of hydrogen-bond donors (Lipinski definition) is 1. The Hall–Kier alpha value is -3.03. The molecular formula is C29H37N5O2. The van der Waals surface area contributed by atoms with Crippen molar-refractivity contribution < 1.29 is 9.32 Å². The minimum atomic E-state index is 0.0600. The molecule has 7 heteroatoms. The van der Waals surface area contributed by atoms with Gasteiger partial charge >= 0.3 is 0 Å². The molecule has 1 amide bonds. The molecule has 3 aromatic rings. The third kappa shape index (κ3) is 6.39. The van der Waals surface area contributed by atoms with Gasteiger partial charge in [-0.2, -0.15) is 4.98 Å². The van der Waals surface area contributed by atoms with E-state index in [0.717, 1.165) is 49.2 Å². The minimum Gasteiger partial charge on any atom is -0.352 e. The Kier molecular flexibility index (Phi) is 8.08. The first kappa shape index (κ1) is 24.7. The van der Waals surface area contributed by atoms with E-state index in [1.807, 2.05) is 31.2 Å². The minimum absolute atomic E-state index is 0.0600. The maximum atomic E-state index is 12.8. The molecule has 0 radical (unpaired) electrons. The summed E-state index contributed by atoms with van der Waals surface area (Å²) in [4.78, 5) is 22.2. The molecular weight excluding hydrogens is 450 g/mol. The normalized spacial score (nSPS) is 17.8. The van der Waals surface area contributed by atoms with Crippen LogP contribution in [0.2, 0.25) is 0 Å². The molecule has 2 aromatic carbocycles. The lowest BCUT2D eigenvalue weighted by atomic mass is 9.96. The van der Waals surface area contributed by atoms with Gasteiger partial charge in [-0.05, 0) is 75.5 Å². The molecule has 0 spiro atoms. The molecule has 2 fully saturated rings. The third-order valence-corrected chi connectivity index (χ3v) is 7.52. The number of amides is 1. The Morgan fingerprint density at radius 2 is 1.61 bits per heavy atom. The van der Waals surface area contributed by atoms with Crippen LogP contribution in [-0.2, 0) is 24.4 Å². The molecule has 0 saturated carbocycles. The maximum absolute atomic E-state index is 12.8. The first-order chi connectivity index (χ1) is 17.6. The Morgan fingerprint density at radius 3 is 2.36 bits per heavy atom. The Labute approximate surface area is 213 Å². The summed E-state index contributed by atoms with van der Waals surface area (Å²) in [5.74, 6) is 1.48. The number of nitrogens with one attached hydrogen (secondary N) is 1. The average Bonchev–Trinajstić information content (AvgIpc) is 3.37. The molecule has 2 saturated heterocycles. The topological polar surface area (TPSA) is 74.5 Å². The fourth-order valence-corrected chi connectivity index (χ4v) is 5.27. The second-order valence-electron chi connectivity index (χ2n) is 10.2. The quantitative estimate of drug-likeness (QED) is 0.502. The van der Waals surface area contributed by atoms with E-state index in [9.17, 15) is 4.79 Å². The number of nitrogens with zero attached hydrogens (tertiary/aromatic N) is 4. The summed E-state index contributed by atoms with van der Waals surface area (Å²) in [5.41, 5.74) is 4.64. The number of piperidine rings is 2. The molecule has 0 bridgehead atoms. The third-order valence-electron chi connectivity index (χ3n) is 7.52. The number of rotatable bonds is 8. The van der Waals surface area contributed by atoms with E-state index in [4.69, 9.17) is 4.52 Å². The summed E-state index contributed by atoms with van der Waals surface area (Å²) in [6, 6.07) is 16.8. The second-order valence-corrected chi connectivity index (χ2v) is 10.2. The van der Waals surface area contributed by atoms with Gasteiger partial charge in [0.15, 0.2) is 0 Å². The van der Waals surface area contributed by atoms with Crippen molar-refractivity contribution in [3.63, 3.8) is 0 Å². The zero-order valence-electron chi connectivity index (χ0n) is 21.3. The molecule has 190 valence electrons. The van der Waals surface area contributed by atoms with Gasteiger partial charge < -0.3 is 9.84 Å². The summed E-state index contributed by atoms with van der Waals surface area (Å²) >= 11 is 0. The number of carbonyl (C=O) groups excluding carboxylic acids is 1. The van der Waals surface area contributed by atoms with Crippen molar-refractivity contribution in [1.82, 2.24) is 25.3 Å². The molecule has 3 heterocycles.